The molecule has 0 aliphatic carbocycles. The van der Waals surface area contributed by atoms with Crippen molar-refractivity contribution in [1.82, 2.24) is 0 Å². The zero-order valence-corrected chi connectivity index (χ0v) is 15.5. The first-order valence-electron chi connectivity index (χ1n) is 8.76. The van der Waals surface area contributed by atoms with Crippen LogP contribution in [0, 0.1) is 0 Å². The molecule has 1 atom stereocenters. The predicted octanol–water partition coefficient (Wildman–Crippen LogP) is 2.93. The number of ether oxygens (including phenoxy) is 3. The summed E-state index contributed by atoms with van der Waals surface area (Å²) in [5.41, 5.74) is -0.177. The molecule has 3 aromatic rings. The van der Waals surface area contributed by atoms with Crippen LogP contribution in [-0.4, -0.2) is 34.4 Å². The highest BCUT2D eigenvalue weighted by molar-refractivity contribution is 6.15. The molecule has 1 heterocycles. The highest BCUT2D eigenvalue weighted by Gasteiger charge is 2.36. The highest BCUT2D eigenvalue weighted by atomic mass is 16.7. The van der Waals surface area contributed by atoms with Crippen LogP contribution in [0.15, 0.2) is 30.3 Å². The zero-order chi connectivity index (χ0) is 20.9. The Morgan fingerprint density at radius 3 is 2.48 bits per heavy atom. The lowest BCUT2D eigenvalue weighted by Crippen LogP contribution is -2.31. The first-order chi connectivity index (χ1) is 13.8. The number of cyclic esters (lactones) is 1. The Morgan fingerprint density at radius 1 is 1.07 bits per heavy atom. The summed E-state index contributed by atoms with van der Waals surface area (Å²) in [5.74, 6) is -2.93. The molecule has 2 N–H and O–H groups in total. The van der Waals surface area contributed by atoms with Gasteiger partial charge in [0.15, 0.2) is 0 Å². The molecular weight excluding hydrogens is 380 g/mol. The van der Waals surface area contributed by atoms with Gasteiger partial charge < -0.3 is 24.4 Å². The van der Waals surface area contributed by atoms with E-state index in [0.717, 1.165) is 6.92 Å². The maximum absolute atomic E-state index is 12.5. The fourth-order valence-electron chi connectivity index (χ4n) is 3.59. The van der Waals surface area contributed by atoms with E-state index in [9.17, 15) is 24.6 Å². The Kier molecular flexibility index (Phi) is 4.26. The average Bonchev–Trinajstić information content (AvgIpc) is 2.64. The number of phenols is 2. The molecule has 0 spiro atoms. The number of fused-ring (bicyclic) bond motifs is 3. The largest absolute Gasteiger partial charge is 0.507 e. The number of benzene rings is 3. The van der Waals surface area contributed by atoms with Gasteiger partial charge in [-0.2, -0.15) is 0 Å². The quantitative estimate of drug-likeness (QED) is 0.294. The Morgan fingerprint density at radius 2 is 1.79 bits per heavy atom. The molecule has 0 amide bonds. The summed E-state index contributed by atoms with van der Waals surface area (Å²) in [6.07, 6.45) is -1.41. The van der Waals surface area contributed by atoms with Gasteiger partial charge in [-0.25, -0.2) is 4.79 Å². The topological polar surface area (TPSA) is 119 Å². The number of rotatable bonds is 2. The Balaban J connectivity index is 2.08. The van der Waals surface area contributed by atoms with Crippen molar-refractivity contribution in [2.75, 3.05) is 0 Å². The van der Waals surface area contributed by atoms with Gasteiger partial charge in [-0.15, -0.1) is 0 Å². The van der Waals surface area contributed by atoms with Crippen LogP contribution in [0.25, 0.3) is 21.5 Å². The van der Waals surface area contributed by atoms with Crippen LogP contribution in [0.4, 0.5) is 0 Å². The lowest BCUT2D eigenvalue weighted by atomic mass is 9.91. The van der Waals surface area contributed by atoms with Crippen molar-refractivity contribution in [3.05, 3.63) is 41.5 Å². The van der Waals surface area contributed by atoms with Crippen molar-refractivity contribution in [3.8, 4) is 17.2 Å². The van der Waals surface area contributed by atoms with Crippen molar-refractivity contribution >= 4 is 39.5 Å². The van der Waals surface area contributed by atoms with Gasteiger partial charge in [0.1, 0.15) is 22.8 Å². The van der Waals surface area contributed by atoms with Gasteiger partial charge in [0.25, 0.3) is 6.29 Å². The third-order valence-corrected chi connectivity index (χ3v) is 4.67. The number of hydrogen-bond acceptors (Lipinski definition) is 8. The van der Waals surface area contributed by atoms with Crippen molar-refractivity contribution in [3.63, 3.8) is 0 Å². The number of carbonyl (C=O) groups excluding carboxylic acids is 3. The van der Waals surface area contributed by atoms with Crippen molar-refractivity contribution < 1.29 is 38.8 Å². The summed E-state index contributed by atoms with van der Waals surface area (Å²) in [6, 6.07) is 8.54. The number of carbonyl (C=O) groups is 3. The van der Waals surface area contributed by atoms with E-state index in [2.05, 4.69) is 0 Å². The monoisotopic (exact) mass is 396 g/mol. The van der Waals surface area contributed by atoms with E-state index in [1.165, 1.54) is 6.92 Å². The molecule has 0 bridgehead atoms. The van der Waals surface area contributed by atoms with Gasteiger partial charge in [-0.05, 0) is 11.5 Å². The predicted molar refractivity (Wildman–Crippen MR) is 101 cm³/mol. The van der Waals surface area contributed by atoms with E-state index in [0.29, 0.717) is 10.8 Å². The molecule has 8 nitrogen and oxygen atoms in total. The average molecular weight is 396 g/mol. The maximum atomic E-state index is 12.5. The summed E-state index contributed by atoms with van der Waals surface area (Å²) in [4.78, 5) is 35.4. The molecular formula is C21H16O8. The minimum absolute atomic E-state index is 0.0428. The molecule has 8 heteroatoms. The molecule has 0 fully saturated rings. The Hall–Kier alpha value is -3.81. The lowest BCUT2D eigenvalue weighted by Gasteiger charge is -2.26. The number of hydrogen-bond donors (Lipinski definition) is 2. The van der Waals surface area contributed by atoms with Crippen LogP contribution in [0.1, 0.15) is 29.8 Å². The van der Waals surface area contributed by atoms with E-state index in [-0.39, 0.29) is 39.8 Å². The molecule has 0 aromatic heterocycles. The smallest absolute Gasteiger partial charge is 0.345 e. The zero-order valence-electron chi connectivity index (χ0n) is 15.5. The van der Waals surface area contributed by atoms with Crippen molar-refractivity contribution in [1.29, 1.82) is 0 Å². The van der Waals surface area contributed by atoms with Gasteiger partial charge >= 0.3 is 17.9 Å². The van der Waals surface area contributed by atoms with Gasteiger partial charge in [0.2, 0.25) is 0 Å². The summed E-state index contributed by atoms with van der Waals surface area (Å²) in [7, 11) is 0. The first-order valence-corrected chi connectivity index (χ1v) is 8.76. The minimum atomic E-state index is -1.24. The molecule has 148 valence electrons. The van der Waals surface area contributed by atoms with E-state index >= 15 is 0 Å². The van der Waals surface area contributed by atoms with Crippen LogP contribution < -0.4 is 4.74 Å². The first kappa shape index (κ1) is 18.5. The second-order valence-corrected chi connectivity index (χ2v) is 6.64. The van der Waals surface area contributed by atoms with E-state index < -0.39 is 29.9 Å². The molecule has 3 aromatic carbocycles. The molecule has 1 unspecified atom stereocenters. The number of aromatic hydroxyl groups is 2. The lowest BCUT2D eigenvalue weighted by molar-refractivity contribution is -0.166. The van der Waals surface area contributed by atoms with Crippen LogP contribution in [-0.2, 0) is 25.5 Å². The second-order valence-electron chi connectivity index (χ2n) is 6.64. The summed E-state index contributed by atoms with van der Waals surface area (Å²) < 4.78 is 15.4. The molecule has 1 aliphatic heterocycles. The molecule has 0 saturated carbocycles. The van der Waals surface area contributed by atoms with Gasteiger partial charge in [0, 0.05) is 30.2 Å². The molecule has 0 radical (unpaired) electrons. The molecule has 29 heavy (non-hydrogen) atoms. The van der Waals surface area contributed by atoms with Gasteiger partial charge in [-0.1, -0.05) is 24.3 Å². The van der Waals surface area contributed by atoms with Gasteiger partial charge in [-0.3, -0.25) is 9.59 Å². The van der Waals surface area contributed by atoms with E-state index in [1.54, 1.807) is 30.3 Å². The normalized spacial score (nSPS) is 15.7. The highest BCUT2D eigenvalue weighted by Crippen LogP contribution is 2.48. The third kappa shape index (κ3) is 2.98. The summed E-state index contributed by atoms with van der Waals surface area (Å²) in [6.45, 7) is 2.38. The molecule has 0 saturated heterocycles. The van der Waals surface area contributed by atoms with Crippen LogP contribution in [0.3, 0.4) is 0 Å². The van der Waals surface area contributed by atoms with Crippen LogP contribution in [0.2, 0.25) is 0 Å². The standard InChI is InChI=1S/C21H16O8/c1-9(22)27-15-8-14-17(21(26)29-15)19(25)13-7-11-5-3-4-6-12(11)20(28-10(2)23)16(13)18(14)24/h3-7,15,24-25H,8H2,1-2H3. The van der Waals surface area contributed by atoms with Crippen molar-refractivity contribution in [2.24, 2.45) is 0 Å². The van der Waals surface area contributed by atoms with Crippen LogP contribution in [0.5, 0.6) is 17.2 Å². The third-order valence-electron chi connectivity index (χ3n) is 4.67. The SMILES string of the molecule is CC(=O)Oc1c2ccccc2cc2c(O)c3c(c(O)c12)CC(OC(C)=O)OC3=O. The van der Waals surface area contributed by atoms with E-state index in [4.69, 9.17) is 14.2 Å². The molecule has 4 rings (SSSR count). The van der Waals surface area contributed by atoms with Gasteiger partial charge in [0.05, 0.1) is 11.8 Å². The number of esters is 3. The Labute approximate surface area is 164 Å². The second kappa shape index (κ2) is 6.66. The summed E-state index contributed by atoms with van der Waals surface area (Å²) >= 11 is 0. The Bertz CT molecular complexity index is 1210. The maximum Gasteiger partial charge on any atom is 0.345 e. The van der Waals surface area contributed by atoms with Crippen LogP contribution >= 0.6 is 0 Å². The summed E-state index contributed by atoms with van der Waals surface area (Å²) in [5, 5.41) is 23.2. The fourth-order valence-corrected chi connectivity index (χ4v) is 3.59. The minimum Gasteiger partial charge on any atom is -0.507 e. The number of phenolic OH excluding ortho intramolecular Hbond substituents is 2. The van der Waals surface area contributed by atoms with Crippen molar-refractivity contribution in [2.45, 2.75) is 26.6 Å². The van der Waals surface area contributed by atoms with E-state index in [1.807, 2.05) is 0 Å². The fraction of sp³-hybridized carbons (Fsp3) is 0.190. The molecule has 1 aliphatic rings.